The zero-order valence-corrected chi connectivity index (χ0v) is 10.9. The number of amides is 2. The van der Waals surface area contributed by atoms with E-state index in [0.717, 1.165) is 0 Å². The summed E-state index contributed by atoms with van der Waals surface area (Å²) in [6.07, 6.45) is 0. The van der Waals surface area contributed by atoms with E-state index in [0.29, 0.717) is 12.5 Å². The van der Waals surface area contributed by atoms with Crippen LogP contribution in [0.25, 0.3) is 0 Å². The summed E-state index contributed by atoms with van der Waals surface area (Å²) in [5, 5.41) is 11.0. The van der Waals surface area contributed by atoms with Crippen molar-refractivity contribution in [3.63, 3.8) is 0 Å². The molecule has 100 valence electrons. The predicted molar refractivity (Wildman–Crippen MR) is 63.9 cm³/mol. The van der Waals surface area contributed by atoms with E-state index < -0.39 is 5.97 Å². The fraction of sp³-hybridized carbons (Fsp3) is 0.818. The Bertz CT molecular complexity index is 256. The molecule has 0 fully saturated rings. The molecule has 2 N–H and O–H groups in total. The zero-order valence-electron chi connectivity index (χ0n) is 10.9. The number of carbonyl (C=O) groups is 2. The first kappa shape index (κ1) is 15.7. The number of carboxylic acid groups (broad SMARTS) is 1. The van der Waals surface area contributed by atoms with Crippen LogP contribution in [0, 0.1) is 5.92 Å². The quantitative estimate of drug-likeness (QED) is 0.650. The largest absolute Gasteiger partial charge is 0.480 e. The molecule has 0 rings (SSSR count). The van der Waals surface area contributed by atoms with E-state index in [1.165, 1.54) is 0 Å². The normalized spacial score (nSPS) is 12.3. The molecule has 1 unspecified atom stereocenters. The summed E-state index contributed by atoms with van der Waals surface area (Å²) in [4.78, 5) is 23.4. The Morgan fingerprint density at radius 2 is 1.94 bits per heavy atom. The van der Waals surface area contributed by atoms with Gasteiger partial charge in [-0.2, -0.15) is 0 Å². The van der Waals surface area contributed by atoms with Gasteiger partial charge in [0.2, 0.25) is 0 Å². The summed E-state index contributed by atoms with van der Waals surface area (Å²) in [5.74, 6) is -0.629. The SMILES string of the molecule is CC(C)C(C)N(C)C(=O)NCCOCC(=O)O. The second kappa shape index (κ2) is 7.89. The highest BCUT2D eigenvalue weighted by molar-refractivity contribution is 5.74. The van der Waals surface area contributed by atoms with Crippen molar-refractivity contribution in [3.8, 4) is 0 Å². The minimum atomic E-state index is -1.01. The topological polar surface area (TPSA) is 78.9 Å². The zero-order chi connectivity index (χ0) is 13.4. The summed E-state index contributed by atoms with van der Waals surface area (Å²) in [5.41, 5.74) is 0. The molecule has 0 aliphatic carbocycles. The van der Waals surface area contributed by atoms with Crippen LogP contribution in [0.15, 0.2) is 0 Å². The highest BCUT2D eigenvalue weighted by atomic mass is 16.5. The molecule has 2 amide bonds. The van der Waals surface area contributed by atoms with Gasteiger partial charge in [0.1, 0.15) is 6.61 Å². The molecule has 17 heavy (non-hydrogen) atoms. The molecule has 0 spiro atoms. The van der Waals surface area contributed by atoms with Gasteiger partial charge in [-0.15, -0.1) is 0 Å². The summed E-state index contributed by atoms with van der Waals surface area (Å²) in [7, 11) is 1.73. The third-order valence-electron chi connectivity index (χ3n) is 2.64. The highest BCUT2D eigenvalue weighted by Gasteiger charge is 2.17. The van der Waals surface area contributed by atoms with Gasteiger partial charge in [-0.3, -0.25) is 0 Å². The van der Waals surface area contributed by atoms with Gasteiger partial charge < -0.3 is 20.1 Å². The summed E-state index contributed by atoms with van der Waals surface area (Å²) < 4.78 is 4.80. The maximum absolute atomic E-state index is 11.6. The molecule has 0 heterocycles. The van der Waals surface area contributed by atoms with Crippen molar-refractivity contribution < 1.29 is 19.4 Å². The first-order valence-electron chi connectivity index (χ1n) is 5.66. The van der Waals surface area contributed by atoms with Gasteiger partial charge in [0, 0.05) is 19.6 Å². The summed E-state index contributed by atoms with van der Waals surface area (Å²) >= 11 is 0. The standard InChI is InChI=1S/C11H22N2O4/c1-8(2)9(3)13(4)11(16)12-5-6-17-7-10(14)15/h8-9H,5-7H2,1-4H3,(H,12,16)(H,14,15). The average molecular weight is 246 g/mol. The molecule has 0 aliphatic heterocycles. The Morgan fingerprint density at radius 1 is 1.35 bits per heavy atom. The first-order valence-corrected chi connectivity index (χ1v) is 5.66. The van der Waals surface area contributed by atoms with Crippen molar-refractivity contribution >= 4 is 12.0 Å². The molecule has 0 aromatic rings. The van der Waals surface area contributed by atoms with Crippen molar-refractivity contribution in [1.82, 2.24) is 10.2 Å². The third kappa shape index (κ3) is 6.78. The van der Waals surface area contributed by atoms with E-state index in [1.807, 2.05) is 20.8 Å². The van der Waals surface area contributed by atoms with E-state index in [4.69, 9.17) is 9.84 Å². The number of nitrogens with zero attached hydrogens (tertiary/aromatic N) is 1. The van der Waals surface area contributed by atoms with Crippen molar-refractivity contribution in [3.05, 3.63) is 0 Å². The number of nitrogens with one attached hydrogen (secondary N) is 1. The molecular formula is C11H22N2O4. The summed E-state index contributed by atoms with van der Waals surface area (Å²) in [6.45, 7) is 6.23. The number of carbonyl (C=O) groups excluding carboxylic acids is 1. The Balaban J connectivity index is 3.75. The second-order valence-electron chi connectivity index (χ2n) is 4.27. The molecule has 0 aliphatic rings. The lowest BCUT2D eigenvalue weighted by atomic mass is 10.1. The predicted octanol–water partition coefficient (Wildman–Crippen LogP) is 0.773. The number of carboxylic acids is 1. The number of aliphatic carboxylic acids is 1. The van der Waals surface area contributed by atoms with Crippen LogP contribution in [0.4, 0.5) is 4.79 Å². The van der Waals surface area contributed by atoms with Crippen LogP contribution in [0.5, 0.6) is 0 Å². The number of hydrogen-bond acceptors (Lipinski definition) is 3. The Hall–Kier alpha value is -1.30. The maximum atomic E-state index is 11.6. The van der Waals surface area contributed by atoms with Crippen LogP contribution in [0.1, 0.15) is 20.8 Å². The van der Waals surface area contributed by atoms with Gasteiger partial charge in [0.15, 0.2) is 0 Å². The van der Waals surface area contributed by atoms with Gasteiger partial charge in [-0.25, -0.2) is 9.59 Å². The lowest BCUT2D eigenvalue weighted by molar-refractivity contribution is -0.142. The molecule has 0 saturated heterocycles. The second-order valence-corrected chi connectivity index (χ2v) is 4.27. The Kier molecular flexibility index (Phi) is 7.29. The van der Waals surface area contributed by atoms with Gasteiger partial charge in [-0.05, 0) is 12.8 Å². The molecule has 0 bridgehead atoms. The average Bonchev–Trinajstić information content (AvgIpc) is 2.25. The summed E-state index contributed by atoms with van der Waals surface area (Å²) in [6, 6.07) is -0.0277. The number of ether oxygens (including phenoxy) is 1. The van der Waals surface area contributed by atoms with Crippen LogP contribution >= 0.6 is 0 Å². The lowest BCUT2D eigenvalue weighted by Gasteiger charge is -2.28. The van der Waals surface area contributed by atoms with Gasteiger partial charge in [0.25, 0.3) is 0 Å². The molecule has 0 radical (unpaired) electrons. The monoisotopic (exact) mass is 246 g/mol. The minimum Gasteiger partial charge on any atom is -0.480 e. The van der Waals surface area contributed by atoms with Crippen LogP contribution in [0.3, 0.4) is 0 Å². The number of hydrogen-bond donors (Lipinski definition) is 2. The molecular weight excluding hydrogens is 224 g/mol. The third-order valence-corrected chi connectivity index (χ3v) is 2.64. The molecule has 0 aromatic carbocycles. The van der Waals surface area contributed by atoms with Gasteiger partial charge >= 0.3 is 12.0 Å². The molecule has 6 nitrogen and oxygen atoms in total. The van der Waals surface area contributed by atoms with Crippen LogP contribution in [-0.4, -0.2) is 54.9 Å². The van der Waals surface area contributed by atoms with Crippen molar-refractivity contribution in [2.24, 2.45) is 5.92 Å². The lowest BCUT2D eigenvalue weighted by Crippen LogP contribution is -2.45. The van der Waals surface area contributed by atoms with Crippen molar-refractivity contribution in [1.29, 1.82) is 0 Å². The Morgan fingerprint density at radius 3 is 2.41 bits per heavy atom. The Labute approximate surface area is 102 Å². The number of rotatable bonds is 7. The van der Waals surface area contributed by atoms with Gasteiger partial charge in [-0.1, -0.05) is 13.8 Å². The molecule has 1 atom stereocenters. The smallest absolute Gasteiger partial charge is 0.329 e. The van der Waals surface area contributed by atoms with E-state index >= 15 is 0 Å². The van der Waals surface area contributed by atoms with E-state index in [-0.39, 0.29) is 25.3 Å². The van der Waals surface area contributed by atoms with E-state index in [9.17, 15) is 9.59 Å². The van der Waals surface area contributed by atoms with Crippen molar-refractivity contribution in [2.45, 2.75) is 26.8 Å². The molecule has 0 aromatic heterocycles. The fourth-order valence-electron chi connectivity index (χ4n) is 1.15. The molecule has 6 heteroatoms. The van der Waals surface area contributed by atoms with E-state index in [1.54, 1.807) is 11.9 Å². The van der Waals surface area contributed by atoms with Crippen LogP contribution < -0.4 is 5.32 Å². The maximum Gasteiger partial charge on any atom is 0.329 e. The highest BCUT2D eigenvalue weighted by Crippen LogP contribution is 2.07. The van der Waals surface area contributed by atoms with Crippen molar-refractivity contribution in [2.75, 3.05) is 26.8 Å². The van der Waals surface area contributed by atoms with Crippen LogP contribution in [0.2, 0.25) is 0 Å². The minimum absolute atomic E-state index is 0.148. The molecule has 0 saturated carbocycles. The fourth-order valence-corrected chi connectivity index (χ4v) is 1.15. The van der Waals surface area contributed by atoms with Gasteiger partial charge in [0.05, 0.1) is 6.61 Å². The van der Waals surface area contributed by atoms with E-state index in [2.05, 4.69) is 5.32 Å². The first-order chi connectivity index (χ1) is 7.86. The number of urea groups is 1. The van der Waals surface area contributed by atoms with Crippen LogP contribution in [-0.2, 0) is 9.53 Å².